The van der Waals surface area contributed by atoms with Crippen LogP contribution in [0.3, 0.4) is 0 Å². The molecule has 0 amide bonds. The zero-order valence-corrected chi connectivity index (χ0v) is 14.0. The van der Waals surface area contributed by atoms with Gasteiger partial charge in [0.2, 0.25) is 0 Å². The van der Waals surface area contributed by atoms with Gasteiger partial charge in [0.25, 0.3) is 0 Å². The van der Waals surface area contributed by atoms with E-state index in [4.69, 9.17) is 9.47 Å². The predicted molar refractivity (Wildman–Crippen MR) is 90.7 cm³/mol. The van der Waals surface area contributed by atoms with Gasteiger partial charge in [0.1, 0.15) is 5.75 Å². The van der Waals surface area contributed by atoms with Crippen molar-refractivity contribution < 1.29 is 9.47 Å². The lowest BCUT2D eigenvalue weighted by Crippen LogP contribution is -2.52. The number of hydrogen-bond acceptors (Lipinski definition) is 5. The maximum Gasteiger partial charge on any atom is 0.137 e. The lowest BCUT2D eigenvalue weighted by molar-refractivity contribution is -0.0411. The largest absolute Gasteiger partial charge is 0.491 e. The molecule has 0 saturated carbocycles. The van der Waals surface area contributed by atoms with E-state index in [0.717, 1.165) is 44.8 Å². The van der Waals surface area contributed by atoms with Crippen molar-refractivity contribution in [3.8, 4) is 5.75 Å². The molecule has 0 aliphatic carbocycles. The number of likely N-dealkylation sites (tertiary alicyclic amines) is 1. The van der Waals surface area contributed by atoms with Crippen LogP contribution in [0.5, 0.6) is 5.75 Å². The molecule has 0 radical (unpaired) electrons. The molecule has 0 spiro atoms. The summed E-state index contributed by atoms with van der Waals surface area (Å²) in [6.07, 6.45) is 6.07. The van der Waals surface area contributed by atoms with Crippen LogP contribution >= 0.6 is 11.3 Å². The average Bonchev–Trinajstić information content (AvgIpc) is 3.23. The zero-order chi connectivity index (χ0) is 15.5. The van der Waals surface area contributed by atoms with Crippen LogP contribution in [0.2, 0.25) is 0 Å². The molecule has 4 nitrogen and oxygen atoms in total. The number of nitrogens with zero attached hydrogens (tertiary/aromatic N) is 2. The van der Waals surface area contributed by atoms with Crippen molar-refractivity contribution >= 4 is 11.3 Å². The number of fused-ring (bicyclic) bond motifs is 1. The Morgan fingerprint density at radius 1 is 1.39 bits per heavy atom. The lowest BCUT2D eigenvalue weighted by atomic mass is 9.77. The number of pyridine rings is 1. The molecule has 4 rings (SSSR count). The van der Waals surface area contributed by atoms with Gasteiger partial charge in [0.05, 0.1) is 18.9 Å². The van der Waals surface area contributed by atoms with Gasteiger partial charge in [-0.1, -0.05) is 6.07 Å². The predicted octanol–water partition coefficient (Wildman–Crippen LogP) is 3.20. The van der Waals surface area contributed by atoms with Crippen LogP contribution in [0.25, 0.3) is 0 Å². The highest BCUT2D eigenvalue weighted by Crippen LogP contribution is 2.41. The zero-order valence-electron chi connectivity index (χ0n) is 13.2. The molecule has 2 aromatic heterocycles. The van der Waals surface area contributed by atoms with Crippen molar-refractivity contribution in [2.75, 3.05) is 26.3 Å². The smallest absolute Gasteiger partial charge is 0.137 e. The highest BCUT2D eigenvalue weighted by Gasteiger charge is 2.48. The highest BCUT2D eigenvalue weighted by molar-refractivity contribution is 7.09. The van der Waals surface area contributed by atoms with E-state index < -0.39 is 0 Å². The first kappa shape index (κ1) is 15.1. The van der Waals surface area contributed by atoms with Crippen LogP contribution in [-0.4, -0.2) is 42.3 Å². The first-order chi connectivity index (χ1) is 11.3. The summed E-state index contributed by atoms with van der Waals surface area (Å²) in [6, 6.07) is 8.24. The van der Waals surface area contributed by atoms with Gasteiger partial charge in [0, 0.05) is 42.7 Å². The fourth-order valence-corrected chi connectivity index (χ4v) is 4.51. The summed E-state index contributed by atoms with van der Waals surface area (Å²) < 4.78 is 12.1. The molecule has 2 atom stereocenters. The van der Waals surface area contributed by atoms with Gasteiger partial charge >= 0.3 is 0 Å². The molecule has 2 aliphatic rings. The molecule has 122 valence electrons. The normalized spacial score (nSPS) is 27.7. The minimum atomic E-state index is 0.116. The molecule has 4 heterocycles. The Labute approximate surface area is 141 Å². The van der Waals surface area contributed by atoms with Crippen molar-refractivity contribution in [1.29, 1.82) is 0 Å². The minimum Gasteiger partial charge on any atom is -0.491 e. The highest BCUT2D eigenvalue weighted by atomic mass is 32.1. The van der Waals surface area contributed by atoms with E-state index in [1.165, 1.54) is 4.88 Å². The van der Waals surface area contributed by atoms with Crippen molar-refractivity contribution in [1.82, 2.24) is 9.88 Å². The summed E-state index contributed by atoms with van der Waals surface area (Å²) in [5.74, 6) is 0.850. The minimum absolute atomic E-state index is 0.116. The number of ether oxygens (including phenoxy) is 2. The molecule has 23 heavy (non-hydrogen) atoms. The molecular formula is C18H22N2O2S. The average molecular weight is 330 g/mol. The maximum atomic E-state index is 6.07. The number of aromatic nitrogens is 1. The summed E-state index contributed by atoms with van der Waals surface area (Å²) in [4.78, 5) is 8.13. The van der Waals surface area contributed by atoms with Gasteiger partial charge in [-0.25, -0.2) is 0 Å². The van der Waals surface area contributed by atoms with Crippen molar-refractivity contribution in [3.05, 3.63) is 46.9 Å². The van der Waals surface area contributed by atoms with E-state index >= 15 is 0 Å². The van der Waals surface area contributed by atoms with Crippen LogP contribution in [0.4, 0.5) is 0 Å². The lowest BCUT2D eigenvalue weighted by Gasteiger charge is -2.43. The molecule has 0 unspecified atom stereocenters. The van der Waals surface area contributed by atoms with Crippen LogP contribution < -0.4 is 4.74 Å². The molecule has 2 aromatic rings. The standard InChI is InChI=1S/C18H22N2O2S/c1-3-15(11-19-7-1)22-14-18-6-9-21-17(18)5-8-20(13-18)12-16-4-2-10-23-16/h1-4,7,10-11,17H,5-6,8-9,12-14H2/t17-,18+/m0/s1. The van der Waals surface area contributed by atoms with Crippen molar-refractivity contribution in [2.24, 2.45) is 5.41 Å². The van der Waals surface area contributed by atoms with Crippen molar-refractivity contribution in [3.63, 3.8) is 0 Å². The Hall–Kier alpha value is -1.43. The molecule has 2 fully saturated rings. The third kappa shape index (κ3) is 3.27. The van der Waals surface area contributed by atoms with Gasteiger partial charge in [-0.05, 0) is 36.4 Å². The monoisotopic (exact) mass is 330 g/mol. The number of piperidine rings is 1. The van der Waals surface area contributed by atoms with E-state index in [-0.39, 0.29) is 5.41 Å². The topological polar surface area (TPSA) is 34.6 Å². The van der Waals surface area contributed by atoms with Gasteiger partial charge in [-0.2, -0.15) is 0 Å². The fourth-order valence-electron chi connectivity index (χ4n) is 3.77. The fraction of sp³-hybridized carbons (Fsp3) is 0.500. The Morgan fingerprint density at radius 2 is 2.39 bits per heavy atom. The van der Waals surface area contributed by atoms with Gasteiger partial charge in [-0.15, -0.1) is 11.3 Å². The maximum absolute atomic E-state index is 6.07. The van der Waals surface area contributed by atoms with Gasteiger partial charge < -0.3 is 9.47 Å². The van der Waals surface area contributed by atoms with Gasteiger partial charge in [-0.3, -0.25) is 9.88 Å². The van der Waals surface area contributed by atoms with E-state index in [1.807, 2.05) is 23.5 Å². The first-order valence-corrected chi connectivity index (χ1v) is 9.11. The van der Waals surface area contributed by atoms with Crippen LogP contribution in [0.1, 0.15) is 17.7 Å². The number of hydrogen-bond donors (Lipinski definition) is 0. The SMILES string of the molecule is c1cncc(OC[C@]23CCO[C@H]2CCN(Cc2cccs2)C3)c1. The van der Waals surface area contributed by atoms with Crippen LogP contribution in [-0.2, 0) is 11.3 Å². The summed E-state index contributed by atoms with van der Waals surface area (Å²) in [6.45, 7) is 4.77. The summed E-state index contributed by atoms with van der Waals surface area (Å²) in [7, 11) is 0. The second-order valence-electron chi connectivity index (χ2n) is 6.53. The summed E-state index contributed by atoms with van der Waals surface area (Å²) in [5.41, 5.74) is 0.116. The summed E-state index contributed by atoms with van der Waals surface area (Å²) in [5, 5.41) is 2.15. The Bertz CT molecular complexity index is 619. The molecule has 0 aromatic carbocycles. The molecular weight excluding hydrogens is 308 g/mol. The van der Waals surface area contributed by atoms with E-state index in [0.29, 0.717) is 12.7 Å². The van der Waals surface area contributed by atoms with Gasteiger partial charge in [0.15, 0.2) is 0 Å². The quantitative estimate of drug-likeness (QED) is 0.843. The second kappa shape index (κ2) is 6.59. The molecule has 5 heteroatoms. The number of thiophene rings is 1. The Morgan fingerprint density at radius 3 is 3.22 bits per heavy atom. The van der Waals surface area contributed by atoms with E-state index in [1.54, 1.807) is 12.4 Å². The third-order valence-corrected chi connectivity index (χ3v) is 5.83. The van der Waals surface area contributed by atoms with Crippen molar-refractivity contribution in [2.45, 2.75) is 25.5 Å². The molecule has 2 aliphatic heterocycles. The first-order valence-electron chi connectivity index (χ1n) is 8.23. The molecule has 0 N–H and O–H groups in total. The number of rotatable bonds is 5. The Balaban J connectivity index is 1.44. The summed E-state index contributed by atoms with van der Waals surface area (Å²) >= 11 is 1.84. The molecule has 0 bridgehead atoms. The van der Waals surface area contributed by atoms with E-state index in [2.05, 4.69) is 27.4 Å². The second-order valence-corrected chi connectivity index (χ2v) is 7.56. The molecule has 2 saturated heterocycles. The van der Waals surface area contributed by atoms with Crippen LogP contribution in [0.15, 0.2) is 42.0 Å². The van der Waals surface area contributed by atoms with E-state index in [9.17, 15) is 0 Å². The third-order valence-electron chi connectivity index (χ3n) is 4.97. The Kier molecular flexibility index (Phi) is 4.33. The van der Waals surface area contributed by atoms with Crippen LogP contribution in [0, 0.1) is 5.41 Å².